The van der Waals surface area contributed by atoms with E-state index in [1.807, 2.05) is 12.3 Å². The molecule has 3 N–H and O–H groups in total. The summed E-state index contributed by atoms with van der Waals surface area (Å²) < 4.78 is 0. The van der Waals surface area contributed by atoms with E-state index in [9.17, 15) is 0 Å². The Morgan fingerprint density at radius 2 is 2.29 bits per heavy atom. The third-order valence-corrected chi connectivity index (χ3v) is 3.84. The van der Waals surface area contributed by atoms with E-state index in [0.29, 0.717) is 5.69 Å². The molecule has 2 aromatic rings. The van der Waals surface area contributed by atoms with Gasteiger partial charge in [-0.25, -0.2) is 4.98 Å². The molecule has 0 aliphatic carbocycles. The van der Waals surface area contributed by atoms with Gasteiger partial charge in [-0.2, -0.15) is 0 Å². The van der Waals surface area contributed by atoms with E-state index in [1.54, 1.807) is 23.7 Å². The average Bonchev–Trinajstić information content (AvgIpc) is 2.81. The summed E-state index contributed by atoms with van der Waals surface area (Å²) in [5.41, 5.74) is 7.40. The molecule has 1 atom stereocenters. The number of nitrogen functional groups attached to an aromatic ring is 1. The fraction of sp³-hybridized carbons (Fsp3) is 0.333. The SMILES string of the molecule is CCc1cnc(C(C)Nc2ccncc2N)s1. The minimum absolute atomic E-state index is 0.157. The van der Waals surface area contributed by atoms with Gasteiger partial charge in [0, 0.05) is 17.3 Å². The maximum absolute atomic E-state index is 5.84. The lowest BCUT2D eigenvalue weighted by Crippen LogP contribution is -2.08. The summed E-state index contributed by atoms with van der Waals surface area (Å²) in [6.07, 6.45) is 6.34. The molecule has 2 heterocycles. The van der Waals surface area contributed by atoms with E-state index < -0.39 is 0 Å². The Kier molecular flexibility index (Phi) is 3.58. The Bertz CT molecular complexity index is 495. The molecule has 0 saturated carbocycles. The third-order valence-electron chi connectivity index (χ3n) is 2.51. The first kappa shape index (κ1) is 11.9. The molecule has 0 amide bonds. The molecule has 0 saturated heterocycles. The van der Waals surface area contributed by atoms with Crippen molar-refractivity contribution >= 4 is 22.7 Å². The van der Waals surface area contributed by atoms with Gasteiger partial charge >= 0.3 is 0 Å². The number of nitrogens with one attached hydrogen (secondary N) is 1. The molecular weight excluding hydrogens is 232 g/mol. The molecule has 17 heavy (non-hydrogen) atoms. The molecule has 0 spiro atoms. The number of hydrogen-bond donors (Lipinski definition) is 2. The topological polar surface area (TPSA) is 63.8 Å². The average molecular weight is 248 g/mol. The molecule has 0 aliphatic heterocycles. The van der Waals surface area contributed by atoms with Gasteiger partial charge in [0.1, 0.15) is 5.01 Å². The second kappa shape index (κ2) is 5.14. The second-order valence-corrected chi connectivity index (χ2v) is 4.99. The number of aryl methyl sites for hydroxylation is 1. The van der Waals surface area contributed by atoms with Crippen molar-refractivity contribution in [2.75, 3.05) is 11.1 Å². The van der Waals surface area contributed by atoms with E-state index in [4.69, 9.17) is 5.73 Å². The van der Waals surface area contributed by atoms with Gasteiger partial charge in [0.05, 0.1) is 23.6 Å². The molecule has 0 aromatic carbocycles. The largest absolute Gasteiger partial charge is 0.396 e. The van der Waals surface area contributed by atoms with Gasteiger partial charge in [0.2, 0.25) is 0 Å². The number of anilines is 2. The first-order valence-corrected chi connectivity index (χ1v) is 6.43. The van der Waals surface area contributed by atoms with Crippen LogP contribution in [0.15, 0.2) is 24.7 Å². The summed E-state index contributed by atoms with van der Waals surface area (Å²) in [7, 11) is 0. The lowest BCUT2D eigenvalue weighted by molar-refractivity contribution is 0.869. The Labute approximate surface area is 105 Å². The number of pyridine rings is 1. The Morgan fingerprint density at radius 3 is 2.94 bits per heavy atom. The number of thiazole rings is 1. The van der Waals surface area contributed by atoms with Crippen molar-refractivity contribution < 1.29 is 0 Å². The summed E-state index contributed by atoms with van der Waals surface area (Å²) in [6, 6.07) is 2.03. The highest BCUT2D eigenvalue weighted by molar-refractivity contribution is 7.11. The van der Waals surface area contributed by atoms with Crippen LogP contribution >= 0.6 is 11.3 Å². The predicted molar refractivity (Wildman–Crippen MR) is 72.2 cm³/mol. The van der Waals surface area contributed by atoms with Crippen molar-refractivity contribution in [2.24, 2.45) is 0 Å². The highest BCUT2D eigenvalue weighted by atomic mass is 32.1. The first-order valence-electron chi connectivity index (χ1n) is 5.61. The van der Waals surface area contributed by atoms with E-state index in [2.05, 4.69) is 29.1 Å². The number of rotatable bonds is 4. The zero-order valence-electron chi connectivity index (χ0n) is 9.97. The molecule has 5 heteroatoms. The lowest BCUT2D eigenvalue weighted by Gasteiger charge is -2.13. The van der Waals surface area contributed by atoms with Crippen LogP contribution in [-0.4, -0.2) is 9.97 Å². The Balaban J connectivity index is 2.11. The summed E-state index contributed by atoms with van der Waals surface area (Å²) in [5, 5.41) is 4.43. The van der Waals surface area contributed by atoms with Gasteiger partial charge in [0.15, 0.2) is 0 Å². The number of nitrogens with two attached hydrogens (primary N) is 1. The number of nitrogens with zero attached hydrogens (tertiary/aromatic N) is 2. The monoisotopic (exact) mass is 248 g/mol. The van der Waals surface area contributed by atoms with Crippen molar-refractivity contribution in [3.8, 4) is 0 Å². The zero-order chi connectivity index (χ0) is 12.3. The summed E-state index contributed by atoms with van der Waals surface area (Å²) in [4.78, 5) is 9.68. The van der Waals surface area contributed by atoms with Gasteiger partial charge in [-0.3, -0.25) is 4.98 Å². The molecule has 1 unspecified atom stereocenters. The van der Waals surface area contributed by atoms with Crippen molar-refractivity contribution in [1.29, 1.82) is 0 Å². The van der Waals surface area contributed by atoms with Crippen LogP contribution in [0.1, 0.15) is 29.8 Å². The lowest BCUT2D eigenvalue weighted by atomic mass is 10.3. The maximum Gasteiger partial charge on any atom is 0.115 e. The standard InChI is InChI=1S/C12H16N4S/c1-3-9-6-15-12(17-9)8(2)16-11-4-5-14-7-10(11)13/h4-8H,3,13H2,1-2H3,(H,14,16). The maximum atomic E-state index is 5.84. The van der Waals surface area contributed by atoms with Crippen LogP contribution in [-0.2, 0) is 6.42 Å². The van der Waals surface area contributed by atoms with Crippen LogP contribution in [0.3, 0.4) is 0 Å². The highest BCUT2D eigenvalue weighted by Crippen LogP contribution is 2.26. The third kappa shape index (κ3) is 2.74. The van der Waals surface area contributed by atoms with Gasteiger partial charge in [-0.15, -0.1) is 11.3 Å². The quantitative estimate of drug-likeness (QED) is 0.873. The van der Waals surface area contributed by atoms with Crippen LogP contribution in [0.25, 0.3) is 0 Å². The molecule has 0 fully saturated rings. The summed E-state index contributed by atoms with van der Waals surface area (Å²) in [6.45, 7) is 4.22. The van der Waals surface area contributed by atoms with Crippen LogP contribution in [0.5, 0.6) is 0 Å². The zero-order valence-corrected chi connectivity index (χ0v) is 10.8. The fourth-order valence-electron chi connectivity index (χ4n) is 1.52. The highest BCUT2D eigenvalue weighted by Gasteiger charge is 2.10. The van der Waals surface area contributed by atoms with Crippen LogP contribution in [0.4, 0.5) is 11.4 Å². The molecule has 2 rings (SSSR count). The smallest absolute Gasteiger partial charge is 0.115 e. The second-order valence-electron chi connectivity index (χ2n) is 3.85. The number of aromatic nitrogens is 2. The van der Waals surface area contributed by atoms with Crippen molar-refractivity contribution in [2.45, 2.75) is 26.3 Å². The Morgan fingerprint density at radius 1 is 1.47 bits per heavy atom. The minimum atomic E-state index is 0.157. The molecule has 0 radical (unpaired) electrons. The van der Waals surface area contributed by atoms with Crippen molar-refractivity contribution in [3.05, 3.63) is 34.5 Å². The first-order chi connectivity index (χ1) is 8.20. The predicted octanol–water partition coefficient (Wildman–Crippen LogP) is 2.86. The molecule has 0 aliphatic rings. The van der Waals surface area contributed by atoms with E-state index >= 15 is 0 Å². The Hall–Kier alpha value is -1.62. The molecule has 2 aromatic heterocycles. The van der Waals surface area contributed by atoms with Crippen LogP contribution in [0, 0.1) is 0 Å². The van der Waals surface area contributed by atoms with Gasteiger partial charge < -0.3 is 11.1 Å². The van der Waals surface area contributed by atoms with Crippen LogP contribution < -0.4 is 11.1 Å². The summed E-state index contributed by atoms with van der Waals surface area (Å²) >= 11 is 1.74. The normalized spacial score (nSPS) is 12.4. The van der Waals surface area contributed by atoms with E-state index in [-0.39, 0.29) is 6.04 Å². The molecule has 90 valence electrons. The molecule has 0 bridgehead atoms. The van der Waals surface area contributed by atoms with Gasteiger partial charge in [0.25, 0.3) is 0 Å². The molecular formula is C12H16N4S. The minimum Gasteiger partial charge on any atom is -0.396 e. The molecule has 4 nitrogen and oxygen atoms in total. The van der Waals surface area contributed by atoms with Crippen molar-refractivity contribution in [3.63, 3.8) is 0 Å². The van der Waals surface area contributed by atoms with E-state index in [0.717, 1.165) is 17.1 Å². The van der Waals surface area contributed by atoms with Crippen LogP contribution in [0.2, 0.25) is 0 Å². The van der Waals surface area contributed by atoms with Gasteiger partial charge in [-0.1, -0.05) is 6.92 Å². The van der Waals surface area contributed by atoms with E-state index in [1.165, 1.54) is 4.88 Å². The van der Waals surface area contributed by atoms with Gasteiger partial charge in [-0.05, 0) is 19.4 Å². The number of hydrogen-bond acceptors (Lipinski definition) is 5. The fourth-order valence-corrected chi connectivity index (χ4v) is 2.38. The summed E-state index contributed by atoms with van der Waals surface area (Å²) in [5.74, 6) is 0. The van der Waals surface area contributed by atoms with Crippen molar-refractivity contribution in [1.82, 2.24) is 9.97 Å².